The Morgan fingerprint density at radius 3 is 2.62 bits per heavy atom. The summed E-state index contributed by atoms with van der Waals surface area (Å²) in [5.74, 6) is 0.487. The van der Waals surface area contributed by atoms with Crippen molar-refractivity contribution in [3.05, 3.63) is 40.5 Å². The van der Waals surface area contributed by atoms with Crippen molar-refractivity contribution in [3.8, 4) is 11.6 Å². The molecule has 2 heterocycles. The lowest BCUT2D eigenvalue weighted by Gasteiger charge is -2.17. The molecule has 136 valence electrons. The second-order valence-corrected chi connectivity index (χ2v) is 7.82. The van der Waals surface area contributed by atoms with Crippen LogP contribution in [0.1, 0.15) is 31.1 Å². The molecule has 0 unspecified atom stereocenters. The number of methoxy groups -OCH3 is 1. The van der Waals surface area contributed by atoms with E-state index in [1.54, 1.807) is 12.1 Å². The Morgan fingerprint density at radius 1 is 1.23 bits per heavy atom. The van der Waals surface area contributed by atoms with E-state index >= 15 is 0 Å². The van der Waals surface area contributed by atoms with Crippen molar-refractivity contribution in [1.29, 1.82) is 0 Å². The van der Waals surface area contributed by atoms with Crippen LogP contribution in [-0.4, -0.2) is 33.1 Å². The van der Waals surface area contributed by atoms with Crippen LogP contribution < -0.4 is 4.74 Å². The molecule has 0 saturated carbocycles. The predicted octanol–water partition coefficient (Wildman–Crippen LogP) is 4.21. The molecule has 0 bridgehead atoms. The van der Waals surface area contributed by atoms with E-state index in [0.717, 1.165) is 17.6 Å². The first kappa shape index (κ1) is 18.3. The molecular weight excluding hydrogens is 400 g/mol. The SMILES string of the molecule is COC(=O)c1ccc(Oc2ccc3c(nnn3CC(C)(C)C)c2Br)nc1. The summed E-state index contributed by atoms with van der Waals surface area (Å²) in [5.41, 5.74) is 2.10. The molecular formula is C18H19BrN4O3. The number of rotatable bonds is 4. The Labute approximate surface area is 159 Å². The van der Waals surface area contributed by atoms with Gasteiger partial charge in [-0.25, -0.2) is 14.5 Å². The summed E-state index contributed by atoms with van der Waals surface area (Å²) in [7, 11) is 1.33. The number of fused-ring (bicyclic) bond motifs is 1. The van der Waals surface area contributed by atoms with E-state index in [1.807, 2.05) is 16.8 Å². The number of aromatic nitrogens is 4. The molecule has 0 amide bonds. The minimum atomic E-state index is -0.442. The minimum Gasteiger partial charge on any atom is -0.465 e. The molecule has 8 heteroatoms. The van der Waals surface area contributed by atoms with Gasteiger partial charge in [-0.2, -0.15) is 0 Å². The second-order valence-electron chi connectivity index (χ2n) is 7.03. The summed E-state index contributed by atoms with van der Waals surface area (Å²) in [6.07, 6.45) is 1.41. The smallest absolute Gasteiger partial charge is 0.339 e. The quantitative estimate of drug-likeness (QED) is 0.590. The van der Waals surface area contributed by atoms with Gasteiger partial charge in [-0.3, -0.25) is 0 Å². The monoisotopic (exact) mass is 418 g/mol. The Morgan fingerprint density at radius 2 is 2.00 bits per heavy atom. The van der Waals surface area contributed by atoms with E-state index in [1.165, 1.54) is 13.3 Å². The number of pyridine rings is 1. The average Bonchev–Trinajstić information content (AvgIpc) is 2.99. The molecule has 0 aliphatic heterocycles. The van der Waals surface area contributed by atoms with Crippen LogP contribution in [0.15, 0.2) is 34.9 Å². The van der Waals surface area contributed by atoms with Crippen LogP contribution >= 0.6 is 15.9 Å². The van der Waals surface area contributed by atoms with Crippen molar-refractivity contribution in [2.24, 2.45) is 5.41 Å². The fraction of sp³-hybridized carbons (Fsp3) is 0.333. The summed E-state index contributed by atoms with van der Waals surface area (Å²) in [4.78, 5) is 15.6. The summed E-state index contributed by atoms with van der Waals surface area (Å²) in [6, 6.07) is 6.97. The molecule has 3 aromatic rings. The van der Waals surface area contributed by atoms with Gasteiger partial charge < -0.3 is 9.47 Å². The zero-order valence-corrected chi connectivity index (χ0v) is 16.6. The van der Waals surface area contributed by atoms with Crippen molar-refractivity contribution in [2.45, 2.75) is 27.3 Å². The molecule has 0 aliphatic rings. The Bertz CT molecular complexity index is 945. The van der Waals surface area contributed by atoms with Gasteiger partial charge in [0.15, 0.2) is 0 Å². The number of hydrogen-bond donors (Lipinski definition) is 0. The third-order valence-electron chi connectivity index (χ3n) is 3.59. The number of esters is 1. The highest BCUT2D eigenvalue weighted by Gasteiger charge is 2.18. The van der Waals surface area contributed by atoms with Crippen LogP contribution in [0.2, 0.25) is 0 Å². The van der Waals surface area contributed by atoms with Crippen molar-refractivity contribution < 1.29 is 14.3 Å². The van der Waals surface area contributed by atoms with Crippen molar-refractivity contribution in [3.63, 3.8) is 0 Å². The van der Waals surface area contributed by atoms with Gasteiger partial charge in [0.1, 0.15) is 11.3 Å². The molecule has 7 nitrogen and oxygen atoms in total. The molecule has 0 fully saturated rings. The zero-order valence-electron chi connectivity index (χ0n) is 15.0. The zero-order chi connectivity index (χ0) is 18.9. The molecule has 0 spiro atoms. The van der Waals surface area contributed by atoms with E-state index in [-0.39, 0.29) is 5.41 Å². The number of nitrogens with zero attached hydrogens (tertiary/aromatic N) is 4. The topological polar surface area (TPSA) is 79.1 Å². The fourth-order valence-electron chi connectivity index (χ4n) is 2.42. The van der Waals surface area contributed by atoms with Crippen molar-refractivity contribution in [1.82, 2.24) is 20.0 Å². The van der Waals surface area contributed by atoms with E-state index in [4.69, 9.17) is 4.74 Å². The first-order chi connectivity index (χ1) is 12.3. The van der Waals surface area contributed by atoms with Gasteiger partial charge in [-0.15, -0.1) is 5.10 Å². The molecule has 3 rings (SSSR count). The third-order valence-corrected chi connectivity index (χ3v) is 4.35. The predicted molar refractivity (Wildman–Crippen MR) is 100 cm³/mol. The average molecular weight is 419 g/mol. The van der Waals surface area contributed by atoms with Crippen molar-refractivity contribution >= 4 is 32.9 Å². The van der Waals surface area contributed by atoms with Gasteiger partial charge in [-0.1, -0.05) is 26.0 Å². The van der Waals surface area contributed by atoms with E-state index in [9.17, 15) is 4.79 Å². The van der Waals surface area contributed by atoms with Crippen LogP contribution in [0.4, 0.5) is 0 Å². The molecule has 1 aromatic carbocycles. The highest BCUT2D eigenvalue weighted by Crippen LogP contribution is 2.34. The molecule has 26 heavy (non-hydrogen) atoms. The van der Waals surface area contributed by atoms with Crippen LogP contribution in [0.3, 0.4) is 0 Å². The highest BCUT2D eigenvalue weighted by atomic mass is 79.9. The number of halogens is 1. The maximum Gasteiger partial charge on any atom is 0.339 e. The molecule has 0 radical (unpaired) electrons. The molecule has 0 atom stereocenters. The second kappa shape index (κ2) is 7.03. The van der Waals surface area contributed by atoms with E-state index < -0.39 is 5.97 Å². The standard InChI is InChI=1S/C18H19BrN4O3/c1-18(2,3)10-23-12-6-7-13(15(19)16(12)21-22-23)26-14-8-5-11(9-20-14)17(24)25-4/h5-9H,10H2,1-4H3. The summed E-state index contributed by atoms with van der Waals surface area (Å²) < 4.78 is 13.0. The van der Waals surface area contributed by atoms with Crippen LogP contribution in [0.5, 0.6) is 11.6 Å². The van der Waals surface area contributed by atoms with Gasteiger partial charge in [0, 0.05) is 18.8 Å². The lowest BCUT2D eigenvalue weighted by atomic mass is 9.97. The van der Waals surface area contributed by atoms with Gasteiger partial charge in [0.05, 0.1) is 22.7 Å². The fourth-order valence-corrected chi connectivity index (χ4v) is 2.92. The lowest BCUT2D eigenvalue weighted by Crippen LogP contribution is -2.16. The summed E-state index contributed by atoms with van der Waals surface area (Å²) in [6.45, 7) is 7.21. The third kappa shape index (κ3) is 3.85. The van der Waals surface area contributed by atoms with Gasteiger partial charge in [-0.05, 0) is 39.5 Å². The molecule has 0 aliphatic carbocycles. The Balaban J connectivity index is 1.87. The molecule has 0 saturated heterocycles. The van der Waals surface area contributed by atoms with Gasteiger partial charge in [0.2, 0.25) is 5.88 Å². The first-order valence-corrected chi connectivity index (χ1v) is 8.82. The molecule has 2 aromatic heterocycles. The lowest BCUT2D eigenvalue weighted by molar-refractivity contribution is 0.0600. The number of benzene rings is 1. The largest absolute Gasteiger partial charge is 0.465 e. The van der Waals surface area contributed by atoms with Gasteiger partial charge in [0.25, 0.3) is 0 Å². The Kier molecular flexibility index (Phi) is 4.95. The maximum atomic E-state index is 11.5. The normalized spacial score (nSPS) is 11.6. The summed E-state index contributed by atoms with van der Waals surface area (Å²) in [5, 5.41) is 8.50. The van der Waals surface area contributed by atoms with Gasteiger partial charge >= 0.3 is 5.97 Å². The number of carbonyl (C=O) groups is 1. The van der Waals surface area contributed by atoms with E-state index in [0.29, 0.717) is 21.7 Å². The number of ether oxygens (including phenoxy) is 2. The molecule has 0 N–H and O–H groups in total. The van der Waals surface area contributed by atoms with Crippen molar-refractivity contribution in [2.75, 3.05) is 7.11 Å². The van der Waals surface area contributed by atoms with Crippen LogP contribution in [0, 0.1) is 5.41 Å². The summed E-state index contributed by atoms with van der Waals surface area (Å²) >= 11 is 3.54. The van der Waals surface area contributed by atoms with Crippen LogP contribution in [0.25, 0.3) is 11.0 Å². The van der Waals surface area contributed by atoms with E-state index in [2.05, 4.69) is 56.7 Å². The van der Waals surface area contributed by atoms with Crippen LogP contribution in [-0.2, 0) is 11.3 Å². The first-order valence-electron chi connectivity index (χ1n) is 8.02. The number of hydrogen-bond acceptors (Lipinski definition) is 6. The highest BCUT2D eigenvalue weighted by molar-refractivity contribution is 9.10. The minimum absolute atomic E-state index is 0.0909. The Hall–Kier alpha value is -2.48. The number of carbonyl (C=O) groups excluding carboxylic acids is 1. The maximum absolute atomic E-state index is 11.5.